The number of amides is 1. The molecule has 138 valence electrons. The first kappa shape index (κ1) is 18.3. The molecule has 1 aliphatic rings. The third-order valence-corrected chi connectivity index (χ3v) is 4.54. The van der Waals surface area contributed by atoms with Gasteiger partial charge in [-0.1, -0.05) is 30.7 Å². The van der Waals surface area contributed by atoms with E-state index in [-0.39, 0.29) is 5.91 Å². The summed E-state index contributed by atoms with van der Waals surface area (Å²) in [7, 11) is 0. The molecule has 1 aliphatic heterocycles. The first-order chi connectivity index (χ1) is 12.5. The second kappa shape index (κ2) is 8.23. The van der Waals surface area contributed by atoms with Crippen LogP contribution in [0, 0.1) is 13.8 Å². The summed E-state index contributed by atoms with van der Waals surface area (Å²) in [5.74, 6) is 1.37. The van der Waals surface area contributed by atoms with Crippen molar-refractivity contribution in [1.82, 2.24) is 4.90 Å². The van der Waals surface area contributed by atoms with Gasteiger partial charge in [-0.2, -0.15) is 0 Å². The van der Waals surface area contributed by atoms with Crippen LogP contribution in [0.3, 0.4) is 0 Å². The van der Waals surface area contributed by atoms with Gasteiger partial charge in [-0.3, -0.25) is 9.69 Å². The number of nitrogens with one attached hydrogen (secondary N) is 1. The fourth-order valence-corrected chi connectivity index (χ4v) is 3.02. The number of carbonyl (C=O) groups is 1. The first-order valence-corrected chi connectivity index (χ1v) is 9.03. The summed E-state index contributed by atoms with van der Waals surface area (Å²) >= 11 is 0. The Balaban J connectivity index is 1.61. The van der Waals surface area contributed by atoms with Gasteiger partial charge in [-0.15, -0.1) is 0 Å². The number of rotatable bonds is 6. The first-order valence-electron chi connectivity index (χ1n) is 9.03. The molecule has 0 saturated carbocycles. The van der Waals surface area contributed by atoms with Gasteiger partial charge in [-0.05, 0) is 43.7 Å². The summed E-state index contributed by atoms with van der Waals surface area (Å²) in [5.41, 5.74) is 4.48. The minimum atomic E-state index is -0.0335. The Morgan fingerprint density at radius 1 is 1.08 bits per heavy atom. The third kappa shape index (κ3) is 4.55. The minimum Gasteiger partial charge on any atom is -0.486 e. The number of carbonyl (C=O) groups excluding carboxylic acids is 1. The predicted octanol–water partition coefficient (Wildman–Crippen LogP) is 3.54. The number of anilines is 1. The average molecular weight is 354 g/mol. The molecule has 0 saturated heterocycles. The van der Waals surface area contributed by atoms with Crippen molar-refractivity contribution in [3.8, 4) is 11.5 Å². The van der Waals surface area contributed by atoms with Crippen LogP contribution in [0.2, 0.25) is 0 Å². The Morgan fingerprint density at radius 2 is 1.85 bits per heavy atom. The van der Waals surface area contributed by atoms with E-state index >= 15 is 0 Å². The molecule has 0 unspecified atom stereocenters. The van der Waals surface area contributed by atoms with E-state index in [0.717, 1.165) is 24.5 Å². The van der Waals surface area contributed by atoms with Gasteiger partial charge >= 0.3 is 0 Å². The highest BCUT2D eigenvalue weighted by Crippen LogP contribution is 2.32. The van der Waals surface area contributed by atoms with Crippen LogP contribution < -0.4 is 14.8 Å². The van der Waals surface area contributed by atoms with Crippen molar-refractivity contribution in [2.45, 2.75) is 27.3 Å². The molecule has 5 heteroatoms. The summed E-state index contributed by atoms with van der Waals surface area (Å²) in [6, 6.07) is 11.9. The molecule has 0 aliphatic carbocycles. The van der Waals surface area contributed by atoms with E-state index in [2.05, 4.69) is 49.2 Å². The van der Waals surface area contributed by atoms with E-state index < -0.39 is 0 Å². The quantitative estimate of drug-likeness (QED) is 0.862. The molecular formula is C21H26N2O3. The Bertz CT molecular complexity index is 789. The number of hydrogen-bond donors (Lipinski definition) is 1. The highest BCUT2D eigenvalue weighted by atomic mass is 16.6. The summed E-state index contributed by atoms with van der Waals surface area (Å²) in [4.78, 5) is 14.6. The van der Waals surface area contributed by atoms with Gasteiger partial charge in [0.05, 0.1) is 6.54 Å². The summed E-state index contributed by atoms with van der Waals surface area (Å²) in [5, 5.41) is 2.95. The van der Waals surface area contributed by atoms with Crippen LogP contribution in [-0.2, 0) is 11.3 Å². The summed E-state index contributed by atoms with van der Waals surface area (Å²) in [6.07, 6.45) is 0. The van der Waals surface area contributed by atoms with Crippen molar-refractivity contribution < 1.29 is 14.3 Å². The number of fused-ring (bicyclic) bond motifs is 1. The molecule has 2 aromatic carbocycles. The molecule has 1 heterocycles. The zero-order valence-electron chi connectivity index (χ0n) is 15.7. The molecule has 3 rings (SSSR count). The van der Waals surface area contributed by atoms with E-state index in [4.69, 9.17) is 9.47 Å². The Labute approximate surface area is 154 Å². The van der Waals surface area contributed by atoms with Crippen molar-refractivity contribution in [2.75, 3.05) is 31.6 Å². The number of nitrogens with zero attached hydrogens (tertiary/aromatic N) is 1. The van der Waals surface area contributed by atoms with Crippen LogP contribution >= 0.6 is 0 Å². The van der Waals surface area contributed by atoms with E-state index in [9.17, 15) is 4.79 Å². The topological polar surface area (TPSA) is 50.8 Å². The molecule has 26 heavy (non-hydrogen) atoms. The molecule has 0 fully saturated rings. The maximum Gasteiger partial charge on any atom is 0.238 e. The largest absolute Gasteiger partial charge is 0.486 e. The normalized spacial score (nSPS) is 12.9. The Hall–Kier alpha value is -2.53. The van der Waals surface area contributed by atoms with Crippen molar-refractivity contribution in [2.24, 2.45) is 0 Å². The molecule has 0 bridgehead atoms. The lowest BCUT2D eigenvalue weighted by Gasteiger charge is -2.22. The van der Waals surface area contributed by atoms with E-state index in [1.54, 1.807) is 0 Å². The maximum absolute atomic E-state index is 12.5. The van der Waals surface area contributed by atoms with Gasteiger partial charge in [0.1, 0.15) is 13.2 Å². The SMILES string of the molecule is CCN(CC(=O)Nc1ccc2c(c1)OCCO2)Cc1cc(C)ccc1C. The molecule has 2 aromatic rings. The lowest BCUT2D eigenvalue weighted by Crippen LogP contribution is -2.33. The number of benzene rings is 2. The summed E-state index contributed by atoms with van der Waals surface area (Å²) in [6.45, 7) is 9.28. The maximum atomic E-state index is 12.5. The minimum absolute atomic E-state index is 0.0335. The highest BCUT2D eigenvalue weighted by Gasteiger charge is 2.15. The smallest absolute Gasteiger partial charge is 0.238 e. The molecule has 0 aromatic heterocycles. The lowest BCUT2D eigenvalue weighted by atomic mass is 10.1. The number of likely N-dealkylation sites (N-methyl/N-ethyl adjacent to an activating group) is 1. The Morgan fingerprint density at radius 3 is 2.62 bits per heavy atom. The third-order valence-electron chi connectivity index (χ3n) is 4.54. The highest BCUT2D eigenvalue weighted by molar-refractivity contribution is 5.92. The monoisotopic (exact) mass is 354 g/mol. The van der Waals surface area contributed by atoms with Gasteiger partial charge in [0.25, 0.3) is 0 Å². The predicted molar refractivity (Wildman–Crippen MR) is 103 cm³/mol. The lowest BCUT2D eigenvalue weighted by molar-refractivity contribution is -0.117. The second-order valence-electron chi connectivity index (χ2n) is 6.64. The average Bonchev–Trinajstić information content (AvgIpc) is 2.64. The van der Waals surface area contributed by atoms with Crippen LogP contribution in [0.4, 0.5) is 5.69 Å². The molecule has 0 radical (unpaired) electrons. The number of hydrogen-bond acceptors (Lipinski definition) is 4. The molecular weight excluding hydrogens is 328 g/mol. The molecule has 0 spiro atoms. The van der Waals surface area contributed by atoms with Gasteiger partial charge in [0, 0.05) is 18.3 Å². The van der Waals surface area contributed by atoms with Crippen molar-refractivity contribution in [3.63, 3.8) is 0 Å². The fraction of sp³-hybridized carbons (Fsp3) is 0.381. The van der Waals surface area contributed by atoms with E-state index in [0.29, 0.717) is 25.5 Å². The van der Waals surface area contributed by atoms with Gasteiger partial charge in [0.2, 0.25) is 5.91 Å². The number of ether oxygens (including phenoxy) is 2. The van der Waals surface area contributed by atoms with Crippen molar-refractivity contribution in [3.05, 3.63) is 53.1 Å². The molecule has 0 atom stereocenters. The van der Waals surface area contributed by atoms with Gasteiger partial charge in [0.15, 0.2) is 11.5 Å². The second-order valence-corrected chi connectivity index (χ2v) is 6.64. The van der Waals surface area contributed by atoms with Crippen LogP contribution in [0.25, 0.3) is 0 Å². The van der Waals surface area contributed by atoms with Gasteiger partial charge in [-0.25, -0.2) is 0 Å². The zero-order chi connectivity index (χ0) is 18.5. The van der Waals surface area contributed by atoms with Gasteiger partial charge < -0.3 is 14.8 Å². The zero-order valence-corrected chi connectivity index (χ0v) is 15.7. The van der Waals surface area contributed by atoms with Crippen LogP contribution in [0.5, 0.6) is 11.5 Å². The van der Waals surface area contributed by atoms with Crippen LogP contribution in [0.15, 0.2) is 36.4 Å². The van der Waals surface area contributed by atoms with E-state index in [1.165, 1.54) is 16.7 Å². The van der Waals surface area contributed by atoms with Crippen LogP contribution in [0.1, 0.15) is 23.6 Å². The standard InChI is InChI=1S/C21H26N2O3/c1-4-23(13-17-11-15(2)5-6-16(17)3)14-21(24)22-18-7-8-19-20(12-18)26-10-9-25-19/h5-8,11-12H,4,9-10,13-14H2,1-3H3,(H,22,24). The summed E-state index contributed by atoms with van der Waals surface area (Å²) < 4.78 is 11.1. The van der Waals surface area contributed by atoms with E-state index in [1.807, 2.05) is 18.2 Å². The molecule has 1 N–H and O–H groups in total. The van der Waals surface area contributed by atoms with Crippen molar-refractivity contribution >= 4 is 11.6 Å². The molecule has 5 nitrogen and oxygen atoms in total. The number of aryl methyl sites for hydroxylation is 2. The van der Waals surface area contributed by atoms with Crippen molar-refractivity contribution in [1.29, 1.82) is 0 Å². The van der Waals surface area contributed by atoms with Crippen LogP contribution in [-0.4, -0.2) is 37.1 Å². The Kier molecular flexibility index (Phi) is 5.78. The fourth-order valence-electron chi connectivity index (χ4n) is 3.02. The molecule has 1 amide bonds.